The standard InChI is InChI=1S/C21H21F3N4O2S/c1-11-7-8-15-26-18-16(19(29)28(15)10-9-11)12(2)17(31-18)27-20(30)25-14-6-4-3-5-13(14)21(22,23)24/h3-6,11H,7-10H2,1-2H3,(H2,25,27,30)/t11-/m0/s1. The summed E-state index contributed by atoms with van der Waals surface area (Å²) in [5.41, 5.74) is -0.857. The number of halogens is 3. The van der Waals surface area contributed by atoms with E-state index in [1.807, 2.05) is 0 Å². The molecule has 0 spiro atoms. The van der Waals surface area contributed by atoms with Crippen LogP contribution in [0.15, 0.2) is 29.1 Å². The van der Waals surface area contributed by atoms with Crippen LogP contribution in [-0.2, 0) is 19.1 Å². The predicted molar refractivity (Wildman–Crippen MR) is 115 cm³/mol. The molecule has 0 saturated carbocycles. The average molecular weight is 450 g/mol. The topological polar surface area (TPSA) is 76.0 Å². The van der Waals surface area contributed by atoms with Gasteiger partial charge in [0.05, 0.1) is 16.6 Å². The molecule has 31 heavy (non-hydrogen) atoms. The van der Waals surface area contributed by atoms with E-state index in [0.717, 1.165) is 36.1 Å². The number of benzene rings is 1. The summed E-state index contributed by atoms with van der Waals surface area (Å²) in [6.07, 6.45) is -2.03. The zero-order chi connectivity index (χ0) is 22.3. The first-order chi connectivity index (χ1) is 14.6. The van der Waals surface area contributed by atoms with E-state index in [9.17, 15) is 22.8 Å². The summed E-state index contributed by atoms with van der Waals surface area (Å²) < 4.78 is 41.2. The number of hydrogen-bond donors (Lipinski definition) is 2. The number of carbonyl (C=O) groups is 1. The van der Waals surface area contributed by atoms with Crippen LogP contribution in [0, 0.1) is 12.8 Å². The number of nitrogens with one attached hydrogen (secondary N) is 2. The Balaban J connectivity index is 1.63. The molecule has 2 aromatic heterocycles. The minimum Gasteiger partial charge on any atom is -0.307 e. The molecule has 0 bridgehead atoms. The fraction of sp³-hybridized carbons (Fsp3) is 0.381. The van der Waals surface area contributed by atoms with E-state index in [0.29, 0.717) is 39.7 Å². The van der Waals surface area contributed by atoms with E-state index in [-0.39, 0.29) is 11.2 Å². The lowest BCUT2D eigenvalue weighted by molar-refractivity contribution is -0.136. The van der Waals surface area contributed by atoms with Crippen molar-refractivity contribution in [3.05, 3.63) is 51.6 Å². The number of anilines is 2. The van der Waals surface area contributed by atoms with Crippen molar-refractivity contribution in [3.63, 3.8) is 0 Å². The second-order valence-corrected chi connectivity index (χ2v) is 8.78. The lowest BCUT2D eigenvalue weighted by Gasteiger charge is -2.13. The molecule has 164 valence electrons. The van der Waals surface area contributed by atoms with Crippen LogP contribution < -0.4 is 16.2 Å². The normalized spacial score (nSPS) is 16.6. The van der Waals surface area contributed by atoms with Crippen molar-refractivity contribution in [2.75, 3.05) is 10.6 Å². The average Bonchev–Trinajstić information content (AvgIpc) is 2.87. The number of thiophene rings is 1. The number of amides is 2. The number of nitrogens with zero attached hydrogens (tertiary/aromatic N) is 2. The Morgan fingerprint density at radius 2 is 1.97 bits per heavy atom. The molecule has 10 heteroatoms. The molecular weight excluding hydrogens is 429 g/mol. The van der Waals surface area contributed by atoms with Crippen LogP contribution in [0.4, 0.5) is 28.7 Å². The molecule has 0 radical (unpaired) electrons. The first-order valence-corrected chi connectivity index (χ1v) is 10.7. The number of para-hydroxylation sites is 1. The number of urea groups is 1. The first kappa shape index (κ1) is 21.4. The number of alkyl halides is 3. The lowest BCUT2D eigenvalue weighted by atomic mass is 10.0. The Hall–Kier alpha value is -2.88. The Morgan fingerprint density at radius 3 is 2.71 bits per heavy atom. The van der Waals surface area contributed by atoms with E-state index < -0.39 is 17.8 Å². The summed E-state index contributed by atoms with van der Waals surface area (Å²) >= 11 is 1.15. The molecule has 2 amide bonds. The summed E-state index contributed by atoms with van der Waals surface area (Å²) in [6.45, 7) is 4.46. The van der Waals surface area contributed by atoms with Gasteiger partial charge in [0.1, 0.15) is 15.7 Å². The Bertz CT molecular complexity index is 1220. The maximum Gasteiger partial charge on any atom is 0.418 e. The summed E-state index contributed by atoms with van der Waals surface area (Å²) in [6, 6.07) is 3.94. The Kier molecular flexibility index (Phi) is 5.50. The fourth-order valence-corrected chi connectivity index (χ4v) is 4.85. The first-order valence-electron chi connectivity index (χ1n) is 9.92. The second kappa shape index (κ2) is 7.99. The fourth-order valence-electron chi connectivity index (χ4n) is 3.76. The number of aryl methyl sites for hydroxylation is 2. The van der Waals surface area contributed by atoms with Crippen LogP contribution in [0.25, 0.3) is 10.2 Å². The molecule has 3 heterocycles. The molecule has 0 saturated heterocycles. The van der Waals surface area contributed by atoms with Gasteiger partial charge < -0.3 is 5.32 Å². The van der Waals surface area contributed by atoms with Crippen molar-refractivity contribution in [1.29, 1.82) is 0 Å². The van der Waals surface area contributed by atoms with Gasteiger partial charge in [0.25, 0.3) is 5.56 Å². The van der Waals surface area contributed by atoms with Gasteiger partial charge in [-0.1, -0.05) is 30.4 Å². The van der Waals surface area contributed by atoms with Crippen molar-refractivity contribution in [1.82, 2.24) is 9.55 Å². The van der Waals surface area contributed by atoms with Gasteiger partial charge in [-0.05, 0) is 43.4 Å². The van der Waals surface area contributed by atoms with Crippen LogP contribution in [0.5, 0.6) is 0 Å². The number of hydrogen-bond acceptors (Lipinski definition) is 4. The summed E-state index contributed by atoms with van der Waals surface area (Å²) in [4.78, 5) is 30.7. The molecule has 2 N–H and O–H groups in total. The molecular formula is C21H21F3N4O2S. The lowest BCUT2D eigenvalue weighted by Crippen LogP contribution is -2.24. The summed E-state index contributed by atoms with van der Waals surface area (Å²) in [5.74, 6) is 1.25. The molecule has 1 aliphatic rings. The van der Waals surface area contributed by atoms with Crippen molar-refractivity contribution < 1.29 is 18.0 Å². The quantitative estimate of drug-likeness (QED) is 0.549. The molecule has 1 atom stereocenters. The SMILES string of the molecule is Cc1c(NC(=O)Nc2ccccc2C(F)(F)F)sc2nc3n(c(=O)c12)CC[C@@H](C)CC3. The molecule has 0 fully saturated rings. The van der Waals surface area contributed by atoms with Crippen LogP contribution in [0.3, 0.4) is 0 Å². The van der Waals surface area contributed by atoms with Gasteiger partial charge in [0.2, 0.25) is 0 Å². The minimum atomic E-state index is -4.59. The monoisotopic (exact) mass is 450 g/mol. The summed E-state index contributed by atoms with van der Waals surface area (Å²) in [7, 11) is 0. The van der Waals surface area contributed by atoms with Crippen molar-refractivity contribution >= 4 is 38.3 Å². The maximum atomic E-state index is 13.2. The third-order valence-electron chi connectivity index (χ3n) is 5.54. The minimum absolute atomic E-state index is 0.140. The van der Waals surface area contributed by atoms with E-state index >= 15 is 0 Å². The second-order valence-electron chi connectivity index (χ2n) is 7.78. The highest BCUT2D eigenvalue weighted by Gasteiger charge is 2.33. The van der Waals surface area contributed by atoms with Gasteiger partial charge in [0.15, 0.2) is 0 Å². The highest BCUT2D eigenvalue weighted by molar-refractivity contribution is 7.22. The van der Waals surface area contributed by atoms with Gasteiger partial charge in [-0.25, -0.2) is 9.78 Å². The van der Waals surface area contributed by atoms with Gasteiger partial charge in [-0.15, -0.1) is 0 Å². The number of aromatic nitrogens is 2. The van der Waals surface area contributed by atoms with E-state index in [2.05, 4.69) is 22.5 Å². The molecule has 6 nitrogen and oxygen atoms in total. The van der Waals surface area contributed by atoms with E-state index in [4.69, 9.17) is 0 Å². The van der Waals surface area contributed by atoms with E-state index in [1.54, 1.807) is 11.5 Å². The van der Waals surface area contributed by atoms with Gasteiger partial charge in [-0.2, -0.15) is 13.2 Å². The van der Waals surface area contributed by atoms with Crippen molar-refractivity contribution in [2.24, 2.45) is 5.92 Å². The van der Waals surface area contributed by atoms with Crippen molar-refractivity contribution in [2.45, 2.75) is 45.8 Å². The zero-order valence-electron chi connectivity index (χ0n) is 17.0. The zero-order valence-corrected chi connectivity index (χ0v) is 17.8. The molecule has 1 aromatic carbocycles. The molecule has 0 unspecified atom stereocenters. The van der Waals surface area contributed by atoms with Gasteiger partial charge >= 0.3 is 12.2 Å². The van der Waals surface area contributed by atoms with Crippen molar-refractivity contribution in [3.8, 4) is 0 Å². The molecule has 4 rings (SSSR count). The highest BCUT2D eigenvalue weighted by Crippen LogP contribution is 2.36. The third kappa shape index (κ3) is 4.16. The largest absolute Gasteiger partial charge is 0.418 e. The smallest absolute Gasteiger partial charge is 0.307 e. The maximum absolute atomic E-state index is 13.2. The van der Waals surface area contributed by atoms with Gasteiger partial charge in [0, 0.05) is 13.0 Å². The van der Waals surface area contributed by atoms with Crippen LogP contribution in [0.2, 0.25) is 0 Å². The van der Waals surface area contributed by atoms with Crippen LogP contribution in [-0.4, -0.2) is 15.6 Å². The van der Waals surface area contributed by atoms with Gasteiger partial charge in [-0.3, -0.25) is 14.7 Å². The molecule has 0 aliphatic carbocycles. The Labute approximate surface area is 180 Å². The number of carbonyl (C=O) groups excluding carboxylic acids is 1. The number of rotatable bonds is 2. The molecule has 3 aromatic rings. The molecule has 1 aliphatic heterocycles. The Morgan fingerprint density at radius 1 is 1.23 bits per heavy atom. The third-order valence-corrected chi connectivity index (χ3v) is 6.64. The van der Waals surface area contributed by atoms with Crippen LogP contribution in [0.1, 0.15) is 36.7 Å². The number of fused-ring (bicyclic) bond motifs is 2. The van der Waals surface area contributed by atoms with E-state index in [1.165, 1.54) is 18.2 Å². The van der Waals surface area contributed by atoms with Crippen LogP contribution >= 0.6 is 11.3 Å². The predicted octanol–water partition coefficient (Wildman–Crippen LogP) is 5.40. The highest BCUT2D eigenvalue weighted by atomic mass is 32.1. The summed E-state index contributed by atoms with van der Waals surface area (Å²) in [5, 5.41) is 5.65.